The Hall–Kier alpha value is 0.890. The van der Waals surface area contributed by atoms with Gasteiger partial charge in [-0.2, -0.15) is 0 Å². The van der Waals surface area contributed by atoms with Crippen LogP contribution in [-0.2, 0) is 4.79 Å². The van der Waals surface area contributed by atoms with E-state index in [2.05, 4.69) is 0 Å². The van der Waals surface area contributed by atoms with Crippen molar-refractivity contribution in [3.05, 3.63) is 0 Å². The summed E-state index contributed by atoms with van der Waals surface area (Å²) in [6, 6.07) is 0. The Balaban J connectivity index is -0.0000000450. The van der Waals surface area contributed by atoms with Crippen molar-refractivity contribution in [1.29, 1.82) is 0 Å². The minimum absolute atomic E-state index is 0. The van der Waals surface area contributed by atoms with E-state index in [1.165, 1.54) is 13.8 Å². The van der Waals surface area contributed by atoms with E-state index in [9.17, 15) is 4.79 Å². The summed E-state index contributed by atoms with van der Waals surface area (Å²) in [5.74, 6) is 0.167. The van der Waals surface area contributed by atoms with Crippen molar-refractivity contribution in [3.8, 4) is 0 Å². The molecule has 0 aliphatic rings. The summed E-state index contributed by atoms with van der Waals surface area (Å²) < 4.78 is 0. The first-order chi connectivity index (χ1) is 1.73. The molecule has 0 radical (unpaired) electrons. The van der Waals surface area contributed by atoms with Crippen molar-refractivity contribution in [2.24, 2.45) is 0 Å². The molecule has 2 nitrogen and oxygen atoms in total. The summed E-state index contributed by atoms with van der Waals surface area (Å²) >= 11 is 0. The molecule has 0 aliphatic heterocycles. The van der Waals surface area contributed by atoms with E-state index < -0.39 is 0 Å². The quantitative estimate of drug-likeness (QED) is 0.371. The van der Waals surface area contributed by atoms with Crippen LogP contribution in [0.3, 0.4) is 0 Å². The average molecular weight is 118 g/mol. The van der Waals surface area contributed by atoms with Gasteiger partial charge in [-0.25, -0.2) is 0 Å². The van der Waals surface area contributed by atoms with Crippen molar-refractivity contribution in [3.63, 3.8) is 0 Å². The molecule has 3 heteroatoms. The number of ketones is 1. The summed E-state index contributed by atoms with van der Waals surface area (Å²) in [5.41, 5.74) is 0. The normalized spacial score (nSPS) is 4.33. The third-order valence-corrected chi connectivity index (χ3v) is 0. The molecule has 0 fully saturated rings. The summed E-state index contributed by atoms with van der Waals surface area (Å²) in [6.07, 6.45) is 0. The molecule has 0 heterocycles. The summed E-state index contributed by atoms with van der Waals surface area (Å²) in [7, 11) is 0. The predicted octanol–water partition coefficient (Wildman–Crippen LogP) is -1.15. The van der Waals surface area contributed by atoms with Crippen molar-refractivity contribution >= 4 is 43.5 Å². The molecule has 2 N–H and O–H groups in total. The van der Waals surface area contributed by atoms with E-state index >= 15 is 0 Å². The van der Waals surface area contributed by atoms with Gasteiger partial charge in [0.1, 0.15) is 5.78 Å². The van der Waals surface area contributed by atoms with Crippen LogP contribution in [0.5, 0.6) is 0 Å². The van der Waals surface area contributed by atoms with Gasteiger partial charge in [-0.1, -0.05) is 0 Å². The molecule has 6 heavy (non-hydrogen) atoms. The Bertz CT molecular complexity index is 31.8. The van der Waals surface area contributed by atoms with Gasteiger partial charge in [0.05, 0.1) is 0 Å². The van der Waals surface area contributed by atoms with Crippen LogP contribution in [0.15, 0.2) is 0 Å². The van der Waals surface area contributed by atoms with Crippen LogP contribution < -0.4 is 0 Å². The second-order valence-electron chi connectivity index (χ2n) is 0.908. The topological polar surface area (TPSA) is 48.6 Å². The van der Waals surface area contributed by atoms with E-state index in [-0.39, 0.29) is 49.0 Å². The second-order valence-corrected chi connectivity index (χ2v) is 0.908. The molecule has 0 unspecified atom stereocenters. The zero-order chi connectivity index (χ0) is 3.58. The third-order valence-electron chi connectivity index (χ3n) is 0. The number of rotatable bonds is 0. The Morgan fingerprint density at radius 1 is 1.33 bits per heavy atom. The molecule has 0 aromatic rings. The molecule has 36 valence electrons. The van der Waals surface area contributed by atoms with Gasteiger partial charge in [0.25, 0.3) is 0 Å². The predicted molar refractivity (Wildman–Crippen MR) is 28.5 cm³/mol. The Kier molecular flexibility index (Phi) is 24.5. The standard InChI is InChI=1S/C3H6O.Ca.H2O.2H/c1-3(2)4;;;;/h1-2H3;;1H2;;. The molecular formula is C3H10CaO2. The van der Waals surface area contributed by atoms with E-state index in [0.29, 0.717) is 0 Å². The molecule has 0 amide bonds. The minimum atomic E-state index is 0. The second kappa shape index (κ2) is 9.31. The molecule has 0 aliphatic carbocycles. The molecule has 0 rings (SSSR count). The van der Waals surface area contributed by atoms with E-state index in [1.54, 1.807) is 0 Å². The van der Waals surface area contributed by atoms with Gasteiger partial charge in [-0.05, 0) is 13.8 Å². The Morgan fingerprint density at radius 2 is 1.33 bits per heavy atom. The van der Waals surface area contributed by atoms with E-state index in [1.807, 2.05) is 0 Å². The number of hydrogen-bond donors (Lipinski definition) is 0. The van der Waals surface area contributed by atoms with Crippen LogP contribution in [0.25, 0.3) is 0 Å². The fraction of sp³-hybridized carbons (Fsp3) is 0.667. The van der Waals surface area contributed by atoms with Gasteiger partial charge in [0.15, 0.2) is 0 Å². The molecular weight excluding hydrogens is 108 g/mol. The SMILES string of the molecule is CC(C)=O.O.[CaH2]. The number of Topliss-reactive ketones (excluding diaryl/α,β-unsaturated/α-hetero) is 1. The molecule has 0 saturated heterocycles. The van der Waals surface area contributed by atoms with Gasteiger partial charge >= 0.3 is 37.7 Å². The van der Waals surface area contributed by atoms with Crippen LogP contribution in [0.1, 0.15) is 13.8 Å². The van der Waals surface area contributed by atoms with Crippen molar-refractivity contribution in [2.45, 2.75) is 13.8 Å². The number of carbonyl (C=O) groups is 1. The van der Waals surface area contributed by atoms with Crippen LogP contribution in [0.2, 0.25) is 0 Å². The van der Waals surface area contributed by atoms with Gasteiger partial charge in [0, 0.05) is 0 Å². The van der Waals surface area contributed by atoms with Gasteiger partial charge < -0.3 is 10.3 Å². The molecule has 0 bridgehead atoms. The van der Waals surface area contributed by atoms with Crippen LogP contribution in [0, 0.1) is 0 Å². The number of carbonyl (C=O) groups excluding carboxylic acids is 1. The first-order valence-electron chi connectivity index (χ1n) is 1.20. The van der Waals surface area contributed by atoms with Crippen molar-refractivity contribution < 1.29 is 10.3 Å². The first kappa shape index (κ1) is 15.8. The maximum atomic E-state index is 9.44. The first-order valence-corrected chi connectivity index (χ1v) is 1.20. The zero-order valence-electron chi connectivity index (χ0n) is 3.41. The maximum absolute atomic E-state index is 9.44. The molecule has 0 aromatic heterocycles. The fourth-order valence-electron chi connectivity index (χ4n) is 0. The van der Waals surface area contributed by atoms with E-state index in [4.69, 9.17) is 0 Å². The van der Waals surface area contributed by atoms with Crippen LogP contribution >= 0.6 is 0 Å². The van der Waals surface area contributed by atoms with Crippen LogP contribution in [-0.4, -0.2) is 49.0 Å². The average Bonchev–Trinajstić information content (AvgIpc) is 0.811. The fourth-order valence-corrected chi connectivity index (χ4v) is 0. The Morgan fingerprint density at radius 3 is 1.33 bits per heavy atom. The van der Waals surface area contributed by atoms with Gasteiger partial charge in [-0.3, -0.25) is 0 Å². The molecule has 0 saturated carbocycles. The van der Waals surface area contributed by atoms with Gasteiger partial charge in [-0.15, -0.1) is 0 Å². The van der Waals surface area contributed by atoms with E-state index in [0.717, 1.165) is 0 Å². The number of hydrogen-bond acceptors (Lipinski definition) is 1. The van der Waals surface area contributed by atoms with Crippen LogP contribution in [0.4, 0.5) is 0 Å². The Labute approximate surface area is 67.2 Å². The summed E-state index contributed by atoms with van der Waals surface area (Å²) in [6.45, 7) is 3.06. The third kappa shape index (κ3) is 93.5. The monoisotopic (exact) mass is 118 g/mol. The zero-order valence-corrected chi connectivity index (χ0v) is 3.41. The molecule has 0 spiro atoms. The summed E-state index contributed by atoms with van der Waals surface area (Å²) in [4.78, 5) is 9.44. The molecule has 0 aromatic carbocycles. The van der Waals surface area contributed by atoms with Crippen molar-refractivity contribution in [1.82, 2.24) is 0 Å². The molecule has 0 atom stereocenters. The van der Waals surface area contributed by atoms with Gasteiger partial charge in [0.2, 0.25) is 0 Å². The summed E-state index contributed by atoms with van der Waals surface area (Å²) in [5, 5.41) is 0. The van der Waals surface area contributed by atoms with Crippen molar-refractivity contribution in [2.75, 3.05) is 0 Å².